The lowest BCUT2D eigenvalue weighted by atomic mass is 10.1. The van der Waals surface area contributed by atoms with E-state index in [1.807, 2.05) is 25.7 Å². The van der Waals surface area contributed by atoms with Gasteiger partial charge in [0.15, 0.2) is 6.61 Å². The molecule has 1 aromatic rings. The molecule has 26 heavy (non-hydrogen) atoms. The average Bonchev–Trinajstić information content (AvgIpc) is 2.90. The first-order valence-electron chi connectivity index (χ1n) is 8.02. The van der Waals surface area contributed by atoms with Crippen molar-refractivity contribution in [3.63, 3.8) is 0 Å². The van der Waals surface area contributed by atoms with E-state index in [1.54, 1.807) is 0 Å². The Hall–Kier alpha value is -1.90. The summed E-state index contributed by atoms with van der Waals surface area (Å²) >= 11 is 6.11. The van der Waals surface area contributed by atoms with Crippen LogP contribution in [0.5, 0.6) is 5.75 Å². The minimum atomic E-state index is -4.43. The molecule has 0 spiro atoms. The van der Waals surface area contributed by atoms with Crippen molar-refractivity contribution < 1.29 is 27.4 Å². The predicted molar refractivity (Wildman–Crippen MR) is 90.8 cm³/mol. The molecule has 1 fully saturated rings. The standard InChI is InChI=1S/C16H21ClF3N3O3/c1-15(2,3)22-14(24)26-10-4-5-23(8-10)13-12(17)6-11(7-21-13)25-9-16(18,19)20/h6-7,10H,4-5,8-9H2,1-3H3,(H,22,24)/t10-/m1/s1. The molecule has 0 unspecified atom stereocenters. The molecule has 1 aromatic heterocycles. The molecule has 1 N–H and O–H groups in total. The van der Waals surface area contributed by atoms with Gasteiger partial charge in [-0.05, 0) is 20.8 Å². The number of ether oxygens (including phenoxy) is 2. The van der Waals surface area contributed by atoms with Gasteiger partial charge in [0.1, 0.15) is 17.7 Å². The maximum Gasteiger partial charge on any atom is 0.422 e. The first kappa shape index (κ1) is 20.4. The van der Waals surface area contributed by atoms with Crippen molar-refractivity contribution in [2.24, 2.45) is 0 Å². The van der Waals surface area contributed by atoms with Crippen LogP contribution in [0.1, 0.15) is 27.2 Å². The van der Waals surface area contributed by atoms with Crippen LogP contribution in [0.15, 0.2) is 12.3 Å². The third-order valence-corrected chi connectivity index (χ3v) is 3.67. The fraction of sp³-hybridized carbons (Fsp3) is 0.625. The summed E-state index contributed by atoms with van der Waals surface area (Å²) in [5, 5.41) is 2.89. The molecule has 6 nitrogen and oxygen atoms in total. The fourth-order valence-corrected chi connectivity index (χ4v) is 2.67. The summed E-state index contributed by atoms with van der Waals surface area (Å²) in [6.45, 7) is 5.09. The Morgan fingerprint density at radius 1 is 1.42 bits per heavy atom. The first-order chi connectivity index (χ1) is 11.9. The highest BCUT2D eigenvalue weighted by molar-refractivity contribution is 6.33. The third-order valence-electron chi connectivity index (χ3n) is 3.39. The third kappa shape index (κ3) is 6.44. The molecule has 1 amide bonds. The second kappa shape index (κ2) is 7.77. The summed E-state index contributed by atoms with van der Waals surface area (Å²) in [6.07, 6.45) is -3.47. The minimum absolute atomic E-state index is 0.0624. The Kier molecular flexibility index (Phi) is 6.10. The van der Waals surface area contributed by atoms with E-state index in [9.17, 15) is 18.0 Å². The van der Waals surface area contributed by atoms with Gasteiger partial charge in [0.2, 0.25) is 0 Å². The summed E-state index contributed by atoms with van der Waals surface area (Å²) < 4.78 is 46.5. The molecule has 0 saturated carbocycles. The van der Waals surface area contributed by atoms with Gasteiger partial charge in [0.25, 0.3) is 0 Å². The van der Waals surface area contributed by atoms with E-state index in [0.29, 0.717) is 25.3 Å². The molecule has 1 aliphatic heterocycles. The monoisotopic (exact) mass is 395 g/mol. The van der Waals surface area contributed by atoms with Crippen molar-refractivity contribution in [3.8, 4) is 5.75 Å². The van der Waals surface area contributed by atoms with Gasteiger partial charge >= 0.3 is 12.3 Å². The lowest BCUT2D eigenvalue weighted by molar-refractivity contribution is -0.153. The minimum Gasteiger partial charge on any atom is -0.482 e. The largest absolute Gasteiger partial charge is 0.482 e. The number of carbonyl (C=O) groups is 1. The lowest BCUT2D eigenvalue weighted by Crippen LogP contribution is -2.42. The number of hydrogen-bond donors (Lipinski definition) is 1. The maximum atomic E-state index is 12.2. The van der Waals surface area contributed by atoms with Gasteiger partial charge in [-0.25, -0.2) is 9.78 Å². The Morgan fingerprint density at radius 3 is 2.69 bits per heavy atom. The van der Waals surface area contributed by atoms with E-state index in [-0.39, 0.29) is 16.9 Å². The fourth-order valence-electron chi connectivity index (χ4n) is 2.39. The van der Waals surface area contributed by atoms with E-state index >= 15 is 0 Å². The smallest absolute Gasteiger partial charge is 0.422 e. The molecule has 0 bridgehead atoms. The predicted octanol–water partition coefficient (Wildman–Crippen LogP) is 3.78. The summed E-state index contributed by atoms with van der Waals surface area (Å²) in [6, 6.07) is 1.29. The number of halogens is 4. The Bertz CT molecular complexity index is 650. The van der Waals surface area contributed by atoms with E-state index in [0.717, 1.165) is 0 Å². The molecule has 0 radical (unpaired) electrons. The number of aromatic nitrogens is 1. The van der Waals surface area contributed by atoms with Gasteiger partial charge in [-0.2, -0.15) is 13.2 Å². The number of carbonyl (C=O) groups excluding carboxylic acids is 1. The summed E-state index contributed by atoms with van der Waals surface area (Å²) in [4.78, 5) is 17.7. The normalized spacial score (nSPS) is 18.0. The van der Waals surface area contributed by atoms with Gasteiger partial charge in [0.05, 0.1) is 17.8 Å². The number of rotatable bonds is 4. The molecule has 1 aliphatic rings. The lowest BCUT2D eigenvalue weighted by Gasteiger charge is -2.22. The number of pyridine rings is 1. The van der Waals surface area contributed by atoms with E-state index in [1.165, 1.54) is 12.3 Å². The number of hydrogen-bond acceptors (Lipinski definition) is 5. The molecular weight excluding hydrogens is 375 g/mol. The maximum absolute atomic E-state index is 12.2. The summed E-state index contributed by atoms with van der Waals surface area (Å²) in [5.41, 5.74) is -0.396. The molecule has 1 saturated heterocycles. The van der Waals surface area contributed by atoms with Crippen molar-refractivity contribution in [3.05, 3.63) is 17.3 Å². The second-order valence-electron chi connectivity index (χ2n) is 7.02. The van der Waals surface area contributed by atoms with Gasteiger partial charge in [-0.3, -0.25) is 0 Å². The number of alkyl carbamates (subject to hydrolysis) is 1. The van der Waals surface area contributed by atoms with Crippen LogP contribution in [0.4, 0.5) is 23.8 Å². The first-order valence-corrected chi connectivity index (χ1v) is 8.39. The number of anilines is 1. The van der Waals surface area contributed by atoms with E-state index in [4.69, 9.17) is 16.3 Å². The molecule has 1 atom stereocenters. The number of nitrogens with one attached hydrogen (secondary N) is 1. The van der Waals surface area contributed by atoms with Crippen molar-refractivity contribution >= 4 is 23.5 Å². The SMILES string of the molecule is CC(C)(C)NC(=O)O[C@@H]1CCN(c2ncc(OCC(F)(F)F)cc2Cl)C1. The van der Waals surface area contributed by atoms with Gasteiger partial charge in [0, 0.05) is 24.6 Å². The average molecular weight is 396 g/mol. The van der Waals surface area contributed by atoms with Gasteiger partial charge in [-0.1, -0.05) is 11.6 Å². The van der Waals surface area contributed by atoms with Crippen LogP contribution in [-0.4, -0.2) is 48.6 Å². The Morgan fingerprint density at radius 2 is 2.12 bits per heavy atom. The molecule has 10 heteroatoms. The van der Waals surface area contributed by atoms with E-state index < -0.39 is 24.4 Å². The van der Waals surface area contributed by atoms with Crippen molar-refractivity contribution in [1.82, 2.24) is 10.3 Å². The van der Waals surface area contributed by atoms with Crippen LogP contribution >= 0.6 is 11.6 Å². The van der Waals surface area contributed by atoms with Crippen molar-refractivity contribution in [2.45, 2.75) is 45.0 Å². The topological polar surface area (TPSA) is 63.7 Å². The van der Waals surface area contributed by atoms with Crippen LogP contribution < -0.4 is 15.0 Å². The molecule has 0 aromatic carbocycles. The van der Waals surface area contributed by atoms with Gasteiger partial charge in [-0.15, -0.1) is 0 Å². The van der Waals surface area contributed by atoms with Crippen molar-refractivity contribution in [1.29, 1.82) is 0 Å². The Balaban J connectivity index is 1.93. The van der Waals surface area contributed by atoms with Crippen LogP contribution in [0.25, 0.3) is 0 Å². The quantitative estimate of drug-likeness (QED) is 0.840. The molecule has 2 rings (SSSR count). The van der Waals surface area contributed by atoms with Crippen LogP contribution in [0, 0.1) is 0 Å². The molecular formula is C16H21ClF3N3O3. The van der Waals surface area contributed by atoms with Crippen LogP contribution in [0.2, 0.25) is 5.02 Å². The van der Waals surface area contributed by atoms with Crippen molar-refractivity contribution in [2.75, 3.05) is 24.6 Å². The summed E-state index contributed by atoms with van der Waals surface area (Å²) in [5.74, 6) is 0.348. The molecule has 0 aliphatic carbocycles. The zero-order valence-corrected chi connectivity index (χ0v) is 15.4. The second-order valence-corrected chi connectivity index (χ2v) is 7.42. The number of alkyl halides is 3. The molecule has 146 valence electrons. The Labute approximate surface area is 154 Å². The number of amides is 1. The van der Waals surface area contributed by atoms with Crippen LogP contribution in [0.3, 0.4) is 0 Å². The summed E-state index contributed by atoms with van der Waals surface area (Å²) in [7, 11) is 0. The highest BCUT2D eigenvalue weighted by Crippen LogP contribution is 2.30. The van der Waals surface area contributed by atoms with Crippen LogP contribution in [-0.2, 0) is 4.74 Å². The number of nitrogens with zero attached hydrogens (tertiary/aromatic N) is 2. The van der Waals surface area contributed by atoms with Gasteiger partial charge < -0.3 is 19.7 Å². The van der Waals surface area contributed by atoms with E-state index in [2.05, 4.69) is 15.0 Å². The zero-order valence-electron chi connectivity index (χ0n) is 14.7. The highest BCUT2D eigenvalue weighted by Gasteiger charge is 2.30. The zero-order chi connectivity index (χ0) is 19.5. The highest BCUT2D eigenvalue weighted by atomic mass is 35.5. The molecule has 2 heterocycles.